The molecule has 2 aromatic heterocycles. The van der Waals surface area contributed by atoms with Crippen LogP contribution in [0.15, 0.2) is 26.9 Å². The van der Waals surface area contributed by atoms with Crippen molar-refractivity contribution in [2.45, 2.75) is 45.6 Å². The molecule has 0 saturated heterocycles. The molecule has 7 nitrogen and oxygen atoms in total. The first-order valence-electron chi connectivity index (χ1n) is 9.33. The Morgan fingerprint density at radius 2 is 2.21 bits per heavy atom. The maximum absolute atomic E-state index is 12.8. The smallest absolute Gasteiger partial charge is 0.340 e. The van der Waals surface area contributed by atoms with Gasteiger partial charge >= 0.3 is 5.63 Å². The quantitative estimate of drug-likeness (QED) is 0.652. The molecule has 4 rings (SSSR count). The third-order valence-corrected chi connectivity index (χ3v) is 5.86. The van der Waals surface area contributed by atoms with Crippen molar-refractivity contribution < 1.29 is 18.7 Å². The highest BCUT2D eigenvalue weighted by Crippen LogP contribution is 2.43. The Balaban J connectivity index is 1.80. The summed E-state index contributed by atoms with van der Waals surface area (Å²) >= 11 is 1.32. The Bertz CT molecular complexity index is 1150. The molecule has 152 valence electrons. The number of anilines is 1. The minimum atomic E-state index is -0.524. The summed E-state index contributed by atoms with van der Waals surface area (Å²) in [6.45, 7) is 5.87. The van der Waals surface area contributed by atoms with E-state index >= 15 is 0 Å². The zero-order valence-corrected chi connectivity index (χ0v) is 17.6. The second-order valence-electron chi connectivity index (χ2n) is 7.68. The number of fused-ring (bicyclic) bond motifs is 3. The minimum Gasteiger partial charge on any atom is -0.496 e. The molecule has 0 fully saturated rings. The van der Waals surface area contributed by atoms with Gasteiger partial charge in [0, 0.05) is 23.2 Å². The molecule has 0 bridgehead atoms. The number of hydrogen-bond acceptors (Lipinski definition) is 7. The van der Waals surface area contributed by atoms with Crippen LogP contribution in [0.5, 0.6) is 11.5 Å². The van der Waals surface area contributed by atoms with Crippen LogP contribution in [0.4, 0.5) is 5.13 Å². The van der Waals surface area contributed by atoms with Gasteiger partial charge in [-0.05, 0) is 39.2 Å². The molecule has 1 aromatic carbocycles. The van der Waals surface area contributed by atoms with Crippen LogP contribution in [-0.2, 0) is 17.6 Å². The molecule has 3 heterocycles. The molecule has 0 unspecified atom stereocenters. The van der Waals surface area contributed by atoms with Crippen LogP contribution >= 0.6 is 11.3 Å². The maximum atomic E-state index is 12.8. The number of methoxy groups -OCH3 is 1. The van der Waals surface area contributed by atoms with Crippen LogP contribution in [0.2, 0.25) is 0 Å². The molecule has 1 aliphatic heterocycles. The largest absolute Gasteiger partial charge is 0.496 e. The number of nitrogens with one attached hydrogen (secondary N) is 1. The molecule has 0 saturated carbocycles. The Labute approximate surface area is 171 Å². The summed E-state index contributed by atoms with van der Waals surface area (Å²) in [5.41, 5.74) is 1.50. The van der Waals surface area contributed by atoms with Crippen LogP contribution < -0.4 is 20.4 Å². The third kappa shape index (κ3) is 3.60. The standard InChI is InChI=1S/C21H22N2O5S/c1-11-13(9-16(24)23-20-22-7-8-29-20)19(25)27-18-12-5-6-21(2,3)28-14(12)10-15(26-4)17(11)18/h7-8,10H,5-6,9H2,1-4H3,(H,22,23,24). The lowest BCUT2D eigenvalue weighted by Crippen LogP contribution is -2.32. The number of carbonyl (C=O) groups is 1. The van der Waals surface area contributed by atoms with E-state index < -0.39 is 5.63 Å². The topological polar surface area (TPSA) is 90.7 Å². The van der Waals surface area contributed by atoms with Crippen molar-refractivity contribution in [3.05, 3.63) is 44.8 Å². The zero-order chi connectivity index (χ0) is 20.8. The van der Waals surface area contributed by atoms with Crippen molar-refractivity contribution in [3.8, 4) is 11.5 Å². The van der Waals surface area contributed by atoms with Gasteiger partial charge in [0.25, 0.3) is 0 Å². The van der Waals surface area contributed by atoms with E-state index in [2.05, 4.69) is 10.3 Å². The number of carbonyl (C=O) groups excluding carboxylic acids is 1. The number of benzene rings is 1. The van der Waals surface area contributed by atoms with Crippen molar-refractivity contribution >= 4 is 33.3 Å². The number of nitrogens with zero attached hydrogens (tertiary/aromatic N) is 1. The molecular formula is C21H22N2O5S. The van der Waals surface area contributed by atoms with Gasteiger partial charge in [-0.3, -0.25) is 4.79 Å². The van der Waals surface area contributed by atoms with Gasteiger partial charge in [0.05, 0.1) is 24.5 Å². The predicted molar refractivity (Wildman–Crippen MR) is 111 cm³/mol. The van der Waals surface area contributed by atoms with Crippen LogP contribution in [0.1, 0.15) is 37.0 Å². The Morgan fingerprint density at radius 1 is 1.41 bits per heavy atom. The van der Waals surface area contributed by atoms with Crippen LogP contribution in [-0.4, -0.2) is 23.6 Å². The number of aryl methyl sites for hydroxylation is 2. The fourth-order valence-corrected chi connectivity index (χ4v) is 4.20. The molecular weight excluding hydrogens is 392 g/mol. The van der Waals surface area contributed by atoms with Gasteiger partial charge in [0.15, 0.2) is 5.13 Å². The van der Waals surface area contributed by atoms with Crippen LogP contribution in [0.25, 0.3) is 11.0 Å². The molecule has 29 heavy (non-hydrogen) atoms. The van der Waals surface area contributed by atoms with Crippen LogP contribution in [0, 0.1) is 6.92 Å². The summed E-state index contributed by atoms with van der Waals surface area (Å²) in [6.07, 6.45) is 3.04. The number of aromatic nitrogens is 1. The molecule has 1 amide bonds. The lowest BCUT2D eigenvalue weighted by atomic mass is 9.91. The van der Waals surface area contributed by atoms with Crippen molar-refractivity contribution in [1.82, 2.24) is 4.98 Å². The van der Waals surface area contributed by atoms with Crippen molar-refractivity contribution in [3.63, 3.8) is 0 Å². The average Bonchev–Trinajstić information content (AvgIpc) is 3.16. The summed E-state index contributed by atoms with van der Waals surface area (Å²) in [6, 6.07) is 1.84. The number of ether oxygens (including phenoxy) is 2. The summed E-state index contributed by atoms with van der Waals surface area (Å²) in [5, 5.41) is 5.65. The second kappa shape index (κ2) is 7.18. The molecule has 1 N–H and O–H groups in total. The van der Waals surface area contributed by atoms with Gasteiger partial charge in [-0.25, -0.2) is 9.78 Å². The van der Waals surface area contributed by atoms with E-state index in [4.69, 9.17) is 13.9 Å². The molecule has 0 spiro atoms. The minimum absolute atomic E-state index is 0.104. The lowest BCUT2D eigenvalue weighted by Gasteiger charge is -2.33. The van der Waals surface area contributed by atoms with E-state index in [9.17, 15) is 9.59 Å². The molecule has 0 atom stereocenters. The molecule has 1 aliphatic rings. The molecule has 8 heteroatoms. The van der Waals surface area contributed by atoms with Gasteiger partial charge in [-0.1, -0.05) is 0 Å². The number of hydrogen-bond donors (Lipinski definition) is 1. The lowest BCUT2D eigenvalue weighted by molar-refractivity contribution is -0.115. The van der Waals surface area contributed by atoms with E-state index in [0.29, 0.717) is 38.7 Å². The normalized spacial score (nSPS) is 14.9. The summed E-state index contributed by atoms with van der Waals surface area (Å²) < 4.78 is 17.4. The summed E-state index contributed by atoms with van der Waals surface area (Å²) in [4.78, 5) is 29.2. The predicted octanol–water partition coefficient (Wildman–Crippen LogP) is 3.85. The summed E-state index contributed by atoms with van der Waals surface area (Å²) in [7, 11) is 1.56. The maximum Gasteiger partial charge on any atom is 0.340 e. The van der Waals surface area contributed by atoms with Gasteiger partial charge in [-0.2, -0.15) is 0 Å². The highest BCUT2D eigenvalue weighted by atomic mass is 32.1. The van der Waals surface area contributed by atoms with Crippen molar-refractivity contribution in [2.75, 3.05) is 12.4 Å². The highest BCUT2D eigenvalue weighted by molar-refractivity contribution is 7.13. The fraction of sp³-hybridized carbons (Fsp3) is 0.381. The van der Waals surface area contributed by atoms with E-state index in [-0.39, 0.29) is 17.9 Å². The average molecular weight is 414 g/mol. The van der Waals surface area contributed by atoms with E-state index in [1.165, 1.54) is 11.3 Å². The fourth-order valence-electron chi connectivity index (χ4n) is 3.66. The van der Waals surface area contributed by atoms with E-state index in [1.54, 1.807) is 18.7 Å². The molecule has 3 aromatic rings. The van der Waals surface area contributed by atoms with Crippen molar-refractivity contribution in [1.29, 1.82) is 0 Å². The van der Waals surface area contributed by atoms with Gasteiger partial charge in [0.1, 0.15) is 22.7 Å². The van der Waals surface area contributed by atoms with Crippen molar-refractivity contribution in [2.24, 2.45) is 0 Å². The third-order valence-electron chi connectivity index (χ3n) is 5.18. The Kier molecular flexibility index (Phi) is 4.82. The number of amides is 1. The Morgan fingerprint density at radius 3 is 2.90 bits per heavy atom. The van der Waals surface area contributed by atoms with E-state index in [1.807, 2.05) is 26.8 Å². The first kappa shape index (κ1) is 19.4. The first-order valence-corrected chi connectivity index (χ1v) is 10.2. The molecule has 0 aliphatic carbocycles. The first-order chi connectivity index (χ1) is 13.8. The summed E-state index contributed by atoms with van der Waals surface area (Å²) in [5.74, 6) is 0.901. The highest BCUT2D eigenvalue weighted by Gasteiger charge is 2.31. The van der Waals surface area contributed by atoms with E-state index in [0.717, 1.165) is 18.4 Å². The number of thiazole rings is 1. The van der Waals surface area contributed by atoms with Gasteiger partial charge in [-0.15, -0.1) is 11.3 Å². The zero-order valence-electron chi connectivity index (χ0n) is 16.8. The van der Waals surface area contributed by atoms with Crippen LogP contribution in [0.3, 0.4) is 0 Å². The Hall–Kier alpha value is -2.87. The van der Waals surface area contributed by atoms with Gasteiger partial charge < -0.3 is 19.2 Å². The second-order valence-corrected chi connectivity index (χ2v) is 8.57. The SMILES string of the molecule is COc1cc2c(c3oc(=O)c(CC(=O)Nc4nccs4)c(C)c13)CCC(C)(C)O2. The number of rotatable bonds is 4. The monoisotopic (exact) mass is 414 g/mol. The van der Waals surface area contributed by atoms with Gasteiger partial charge in [0.2, 0.25) is 5.91 Å². The molecule has 0 radical (unpaired) electrons.